The summed E-state index contributed by atoms with van der Waals surface area (Å²) in [5.74, 6) is 3.21. The van der Waals surface area contributed by atoms with Crippen LogP contribution < -0.4 is 0 Å². The quantitative estimate of drug-likeness (QED) is 0.386. The van der Waals surface area contributed by atoms with Gasteiger partial charge in [0.15, 0.2) is 6.61 Å². The third-order valence-electron chi connectivity index (χ3n) is 4.83. The first kappa shape index (κ1) is 10.5. The van der Waals surface area contributed by atoms with Gasteiger partial charge in [0, 0.05) is 5.41 Å². The van der Waals surface area contributed by atoms with Gasteiger partial charge >= 0.3 is 0 Å². The molecule has 1 unspecified atom stereocenters. The van der Waals surface area contributed by atoms with Gasteiger partial charge in [-0.15, -0.1) is 6.42 Å². The van der Waals surface area contributed by atoms with E-state index < -0.39 is 0 Å². The average Bonchev–Trinajstić information content (AvgIpc) is 2.51. The molecule has 0 aromatic carbocycles. The second-order valence-electron chi connectivity index (χ2n) is 5.51. The van der Waals surface area contributed by atoms with E-state index in [0.29, 0.717) is 5.41 Å². The van der Waals surface area contributed by atoms with E-state index in [9.17, 15) is 0 Å². The van der Waals surface area contributed by atoms with E-state index in [1.807, 2.05) is 0 Å². The summed E-state index contributed by atoms with van der Waals surface area (Å²) < 4.78 is 0. The SMILES string of the molecule is C#CCON=C1CC2CC[C@]1(C)C2(C)C. The summed E-state index contributed by atoms with van der Waals surface area (Å²) in [6.45, 7) is 7.31. The minimum atomic E-state index is 0.228. The van der Waals surface area contributed by atoms with Crippen LogP contribution >= 0.6 is 0 Å². The Hall–Kier alpha value is -0.970. The summed E-state index contributed by atoms with van der Waals surface area (Å²) >= 11 is 0. The molecule has 0 N–H and O–H groups in total. The molecule has 0 saturated heterocycles. The molecule has 2 atom stereocenters. The van der Waals surface area contributed by atoms with Crippen LogP contribution in [0, 0.1) is 29.1 Å². The molecule has 2 aliphatic rings. The second-order valence-corrected chi connectivity index (χ2v) is 5.51. The molecule has 2 fully saturated rings. The van der Waals surface area contributed by atoms with Gasteiger partial charge in [-0.25, -0.2) is 0 Å². The zero-order chi connectivity index (χ0) is 11.1. The summed E-state index contributed by atoms with van der Waals surface area (Å²) in [4.78, 5) is 5.13. The Morgan fingerprint density at radius 3 is 2.73 bits per heavy atom. The van der Waals surface area contributed by atoms with E-state index in [0.717, 1.165) is 12.3 Å². The van der Waals surface area contributed by atoms with Crippen molar-refractivity contribution < 1.29 is 4.84 Å². The van der Waals surface area contributed by atoms with E-state index in [1.165, 1.54) is 18.6 Å². The van der Waals surface area contributed by atoms with E-state index in [4.69, 9.17) is 11.3 Å². The topological polar surface area (TPSA) is 21.6 Å². The lowest BCUT2D eigenvalue weighted by Crippen LogP contribution is -2.32. The molecule has 0 radical (unpaired) electrons. The van der Waals surface area contributed by atoms with Crippen molar-refractivity contribution in [2.45, 2.75) is 40.0 Å². The van der Waals surface area contributed by atoms with Crippen molar-refractivity contribution >= 4 is 5.71 Å². The highest BCUT2D eigenvalue weighted by molar-refractivity contribution is 5.93. The molecule has 2 nitrogen and oxygen atoms in total. The standard InChI is InChI=1S/C13H19NO/c1-5-8-15-14-11-9-10-6-7-13(11,4)12(10,2)3/h1,10H,6-9H2,2-4H3/t10?,13-/m0/s1. The van der Waals surface area contributed by atoms with Crippen molar-refractivity contribution in [2.75, 3.05) is 6.61 Å². The van der Waals surface area contributed by atoms with Gasteiger partial charge in [-0.3, -0.25) is 0 Å². The van der Waals surface area contributed by atoms with Gasteiger partial charge < -0.3 is 4.84 Å². The Balaban J connectivity index is 2.19. The molecular weight excluding hydrogens is 186 g/mol. The van der Waals surface area contributed by atoms with Gasteiger partial charge in [0.1, 0.15) is 0 Å². The lowest BCUT2D eigenvalue weighted by molar-refractivity contribution is 0.164. The molecule has 0 aliphatic heterocycles. The number of hydrogen-bond acceptors (Lipinski definition) is 2. The van der Waals surface area contributed by atoms with Crippen molar-refractivity contribution in [3.05, 3.63) is 0 Å². The third kappa shape index (κ3) is 1.29. The van der Waals surface area contributed by atoms with Gasteiger partial charge in [-0.05, 0) is 30.6 Å². The smallest absolute Gasteiger partial charge is 0.177 e. The minimum Gasteiger partial charge on any atom is -0.383 e. The molecule has 0 spiro atoms. The molecule has 2 heteroatoms. The van der Waals surface area contributed by atoms with Crippen LogP contribution in [0.15, 0.2) is 5.16 Å². The highest BCUT2D eigenvalue weighted by Gasteiger charge is 2.60. The number of hydrogen-bond donors (Lipinski definition) is 0. The van der Waals surface area contributed by atoms with Crippen molar-refractivity contribution in [1.29, 1.82) is 0 Å². The number of fused-ring (bicyclic) bond motifs is 2. The van der Waals surface area contributed by atoms with Crippen LogP contribution in [0.1, 0.15) is 40.0 Å². The van der Waals surface area contributed by atoms with Gasteiger partial charge in [0.2, 0.25) is 0 Å². The number of rotatable bonds is 2. The maximum Gasteiger partial charge on any atom is 0.177 e. The number of nitrogens with zero attached hydrogens (tertiary/aromatic N) is 1. The molecule has 15 heavy (non-hydrogen) atoms. The molecule has 2 aliphatic carbocycles. The fourth-order valence-electron chi connectivity index (χ4n) is 3.21. The van der Waals surface area contributed by atoms with Gasteiger partial charge in [0.05, 0.1) is 5.71 Å². The predicted molar refractivity (Wildman–Crippen MR) is 61.4 cm³/mol. The summed E-state index contributed by atoms with van der Waals surface area (Å²) in [6.07, 6.45) is 8.79. The van der Waals surface area contributed by atoms with Crippen molar-refractivity contribution in [3.63, 3.8) is 0 Å². The summed E-state index contributed by atoms with van der Waals surface area (Å²) in [5, 5.41) is 4.24. The Morgan fingerprint density at radius 1 is 1.53 bits per heavy atom. The van der Waals surface area contributed by atoms with E-state index in [1.54, 1.807) is 0 Å². The fraction of sp³-hybridized carbons (Fsp3) is 0.769. The highest BCUT2D eigenvalue weighted by atomic mass is 16.6. The molecular formula is C13H19NO. The predicted octanol–water partition coefficient (Wildman–Crippen LogP) is 2.84. The normalized spacial score (nSPS) is 39.3. The van der Waals surface area contributed by atoms with Gasteiger partial charge in [0.25, 0.3) is 0 Å². The Kier molecular flexibility index (Phi) is 2.30. The van der Waals surface area contributed by atoms with Gasteiger partial charge in [-0.1, -0.05) is 31.8 Å². The zero-order valence-corrected chi connectivity index (χ0v) is 9.84. The van der Waals surface area contributed by atoms with Crippen molar-refractivity contribution in [1.82, 2.24) is 0 Å². The second kappa shape index (κ2) is 3.27. The van der Waals surface area contributed by atoms with Crippen LogP contribution in [0.2, 0.25) is 0 Å². The average molecular weight is 205 g/mol. The number of oxime groups is 1. The van der Waals surface area contributed by atoms with Crippen LogP contribution in [-0.2, 0) is 4.84 Å². The highest BCUT2D eigenvalue weighted by Crippen LogP contribution is 2.63. The minimum absolute atomic E-state index is 0.228. The maximum absolute atomic E-state index is 5.13. The molecule has 0 amide bonds. The fourth-order valence-corrected chi connectivity index (χ4v) is 3.21. The first-order valence-electron chi connectivity index (χ1n) is 5.65. The third-order valence-corrected chi connectivity index (χ3v) is 4.83. The first-order chi connectivity index (χ1) is 7.02. The summed E-state index contributed by atoms with van der Waals surface area (Å²) in [6, 6.07) is 0. The molecule has 2 rings (SSSR count). The molecule has 82 valence electrons. The molecule has 2 saturated carbocycles. The van der Waals surface area contributed by atoms with Crippen molar-refractivity contribution in [2.24, 2.45) is 21.9 Å². The maximum atomic E-state index is 5.13. The molecule has 0 aromatic heterocycles. The Bertz CT molecular complexity index is 337. The summed E-state index contributed by atoms with van der Waals surface area (Å²) in [5.41, 5.74) is 1.82. The van der Waals surface area contributed by atoms with Crippen LogP contribution in [0.3, 0.4) is 0 Å². The van der Waals surface area contributed by atoms with Gasteiger partial charge in [-0.2, -0.15) is 0 Å². The van der Waals surface area contributed by atoms with E-state index in [2.05, 4.69) is 31.8 Å². The lowest BCUT2D eigenvalue weighted by atomic mass is 9.70. The lowest BCUT2D eigenvalue weighted by Gasteiger charge is -2.34. The van der Waals surface area contributed by atoms with Crippen LogP contribution in [-0.4, -0.2) is 12.3 Å². The molecule has 0 heterocycles. The first-order valence-corrected chi connectivity index (χ1v) is 5.65. The zero-order valence-electron chi connectivity index (χ0n) is 9.84. The van der Waals surface area contributed by atoms with Crippen LogP contribution in [0.5, 0.6) is 0 Å². The van der Waals surface area contributed by atoms with E-state index >= 15 is 0 Å². The number of terminal acetylenes is 1. The Morgan fingerprint density at radius 2 is 2.27 bits per heavy atom. The monoisotopic (exact) mass is 205 g/mol. The summed E-state index contributed by atoms with van der Waals surface area (Å²) in [7, 11) is 0. The van der Waals surface area contributed by atoms with Crippen LogP contribution in [0.4, 0.5) is 0 Å². The molecule has 2 bridgehead atoms. The van der Waals surface area contributed by atoms with E-state index in [-0.39, 0.29) is 12.0 Å². The molecule has 0 aromatic rings. The Labute approximate surface area is 92.1 Å². The largest absolute Gasteiger partial charge is 0.383 e. The van der Waals surface area contributed by atoms with Crippen molar-refractivity contribution in [3.8, 4) is 12.3 Å². The van der Waals surface area contributed by atoms with Crippen LogP contribution in [0.25, 0.3) is 0 Å².